The Morgan fingerprint density at radius 2 is 1.48 bits per heavy atom. The van der Waals surface area contributed by atoms with Crippen molar-refractivity contribution >= 4 is 29.1 Å². The van der Waals surface area contributed by atoms with Crippen LogP contribution in [0.5, 0.6) is 0 Å². The molecule has 0 heterocycles. The Labute approximate surface area is 195 Å². The molecule has 176 valence electrons. The van der Waals surface area contributed by atoms with Gasteiger partial charge >= 0.3 is 0 Å². The first-order valence-corrected chi connectivity index (χ1v) is 11.6. The number of benzene rings is 2. The van der Waals surface area contributed by atoms with Gasteiger partial charge in [-0.15, -0.1) is 0 Å². The van der Waals surface area contributed by atoms with Gasteiger partial charge in [-0.1, -0.05) is 25.1 Å². The van der Waals surface area contributed by atoms with Crippen LogP contribution >= 0.6 is 0 Å². The van der Waals surface area contributed by atoms with E-state index in [1.165, 1.54) is 30.9 Å². The van der Waals surface area contributed by atoms with Gasteiger partial charge in [0.2, 0.25) is 17.7 Å². The second-order valence-corrected chi connectivity index (χ2v) is 8.63. The van der Waals surface area contributed by atoms with Gasteiger partial charge in [0, 0.05) is 18.3 Å². The summed E-state index contributed by atoms with van der Waals surface area (Å²) in [7, 11) is 0. The van der Waals surface area contributed by atoms with E-state index in [4.69, 9.17) is 0 Å². The van der Waals surface area contributed by atoms with Crippen LogP contribution in [-0.2, 0) is 27.2 Å². The molecular formula is C26H34N4O3. The number of nitrogens with one attached hydrogen (secondary N) is 3. The van der Waals surface area contributed by atoms with E-state index in [0.717, 1.165) is 18.4 Å². The van der Waals surface area contributed by atoms with Gasteiger partial charge in [0.25, 0.3) is 0 Å². The predicted molar refractivity (Wildman–Crippen MR) is 131 cm³/mol. The predicted octanol–water partition coefficient (Wildman–Crippen LogP) is 3.66. The first-order chi connectivity index (χ1) is 15.8. The van der Waals surface area contributed by atoms with Crippen molar-refractivity contribution in [2.24, 2.45) is 0 Å². The molecule has 3 amide bonds. The number of fused-ring (bicyclic) bond motifs is 1. The molecule has 7 nitrogen and oxygen atoms in total. The number of anilines is 2. The number of hydrogen-bond acceptors (Lipinski definition) is 4. The van der Waals surface area contributed by atoms with Crippen molar-refractivity contribution in [2.45, 2.75) is 52.5 Å². The molecule has 0 aromatic heterocycles. The number of carbonyl (C=O) groups excluding carboxylic acids is 3. The summed E-state index contributed by atoms with van der Waals surface area (Å²) in [6.45, 7) is 6.21. The summed E-state index contributed by atoms with van der Waals surface area (Å²) in [5, 5.41) is 8.58. The summed E-state index contributed by atoms with van der Waals surface area (Å²) in [4.78, 5) is 38.0. The Hall–Kier alpha value is -3.19. The average Bonchev–Trinajstić information content (AvgIpc) is 2.79. The van der Waals surface area contributed by atoms with Gasteiger partial charge < -0.3 is 16.0 Å². The second-order valence-electron chi connectivity index (χ2n) is 8.63. The standard InChI is InChI=1S/C26H34N4O3/c1-4-30(17-26(33)29-24-13-11-23(12-14-24)28-19(3)31)16-25(32)27-18(2)21-10-9-20-7-5-6-8-22(20)15-21/h9-15,18H,4-8,16-17H2,1-3H3,(H,27,32)(H,28,31)(H,29,33)/t18-/m0/s1. The molecule has 0 fully saturated rings. The molecule has 0 spiro atoms. The van der Waals surface area contributed by atoms with E-state index < -0.39 is 0 Å². The summed E-state index contributed by atoms with van der Waals surface area (Å²) >= 11 is 0. The van der Waals surface area contributed by atoms with Gasteiger partial charge in [-0.3, -0.25) is 19.3 Å². The highest BCUT2D eigenvalue weighted by atomic mass is 16.2. The van der Waals surface area contributed by atoms with Crippen molar-refractivity contribution in [3.05, 3.63) is 59.2 Å². The highest BCUT2D eigenvalue weighted by Crippen LogP contribution is 2.24. The molecule has 33 heavy (non-hydrogen) atoms. The molecule has 1 aliphatic carbocycles. The molecule has 7 heteroatoms. The van der Waals surface area contributed by atoms with Gasteiger partial charge in [-0.25, -0.2) is 0 Å². The van der Waals surface area contributed by atoms with E-state index in [1.54, 1.807) is 29.2 Å². The fourth-order valence-corrected chi connectivity index (χ4v) is 4.12. The van der Waals surface area contributed by atoms with Crippen LogP contribution in [-0.4, -0.2) is 42.3 Å². The molecule has 3 rings (SSSR count). The number of rotatable bonds is 9. The maximum atomic E-state index is 12.6. The van der Waals surface area contributed by atoms with E-state index in [-0.39, 0.29) is 36.9 Å². The van der Waals surface area contributed by atoms with Crippen molar-refractivity contribution in [1.82, 2.24) is 10.2 Å². The fourth-order valence-electron chi connectivity index (χ4n) is 4.12. The lowest BCUT2D eigenvalue weighted by atomic mass is 9.89. The lowest BCUT2D eigenvalue weighted by molar-refractivity contribution is -0.124. The molecule has 0 saturated carbocycles. The van der Waals surface area contributed by atoms with E-state index in [1.807, 2.05) is 13.8 Å². The molecule has 1 aliphatic rings. The Balaban J connectivity index is 1.48. The van der Waals surface area contributed by atoms with Crippen molar-refractivity contribution in [1.29, 1.82) is 0 Å². The minimum absolute atomic E-state index is 0.0839. The van der Waals surface area contributed by atoms with Crippen LogP contribution in [0, 0.1) is 0 Å². The van der Waals surface area contributed by atoms with Crippen LogP contribution in [0.2, 0.25) is 0 Å². The van der Waals surface area contributed by atoms with Crippen molar-refractivity contribution < 1.29 is 14.4 Å². The minimum Gasteiger partial charge on any atom is -0.348 e. The summed E-state index contributed by atoms with van der Waals surface area (Å²) < 4.78 is 0. The lowest BCUT2D eigenvalue weighted by Gasteiger charge is -2.22. The van der Waals surface area contributed by atoms with E-state index in [2.05, 4.69) is 34.1 Å². The minimum atomic E-state index is -0.195. The van der Waals surface area contributed by atoms with Crippen LogP contribution in [0.4, 0.5) is 11.4 Å². The number of amides is 3. The van der Waals surface area contributed by atoms with Crippen LogP contribution in [0.3, 0.4) is 0 Å². The molecule has 0 aliphatic heterocycles. The van der Waals surface area contributed by atoms with E-state index in [0.29, 0.717) is 17.9 Å². The van der Waals surface area contributed by atoms with Gasteiger partial charge in [0.15, 0.2) is 0 Å². The fraction of sp³-hybridized carbons (Fsp3) is 0.423. The van der Waals surface area contributed by atoms with E-state index in [9.17, 15) is 14.4 Å². The zero-order valence-corrected chi connectivity index (χ0v) is 19.7. The number of aryl methyl sites for hydroxylation is 2. The van der Waals surface area contributed by atoms with Crippen molar-refractivity contribution in [2.75, 3.05) is 30.3 Å². The molecule has 0 bridgehead atoms. The molecule has 2 aromatic rings. The van der Waals surface area contributed by atoms with Crippen LogP contribution in [0.25, 0.3) is 0 Å². The molecule has 2 aromatic carbocycles. The molecule has 0 unspecified atom stereocenters. The van der Waals surface area contributed by atoms with Gasteiger partial charge in [0.05, 0.1) is 19.1 Å². The third-order valence-electron chi connectivity index (χ3n) is 5.92. The SMILES string of the molecule is CCN(CC(=O)Nc1ccc(NC(C)=O)cc1)CC(=O)N[C@@H](C)c1ccc2c(c1)CCCC2. The third kappa shape index (κ3) is 7.43. The lowest BCUT2D eigenvalue weighted by Crippen LogP contribution is -2.41. The maximum absolute atomic E-state index is 12.6. The second kappa shape index (κ2) is 11.6. The number of hydrogen-bond donors (Lipinski definition) is 3. The van der Waals surface area contributed by atoms with Crippen molar-refractivity contribution in [3.8, 4) is 0 Å². The first kappa shape index (κ1) is 24.5. The Morgan fingerprint density at radius 1 is 0.879 bits per heavy atom. The highest BCUT2D eigenvalue weighted by molar-refractivity contribution is 5.93. The van der Waals surface area contributed by atoms with Crippen LogP contribution in [0.1, 0.15) is 56.3 Å². The summed E-state index contributed by atoms with van der Waals surface area (Å²) in [6, 6.07) is 13.4. The first-order valence-electron chi connectivity index (χ1n) is 11.6. The zero-order valence-electron chi connectivity index (χ0n) is 19.7. The number of nitrogens with zero attached hydrogens (tertiary/aromatic N) is 1. The highest BCUT2D eigenvalue weighted by Gasteiger charge is 2.17. The molecule has 0 radical (unpaired) electrons. The van der Waals surface area contributed by atoms with Crippen LogP contribution < -0.4 is 16.0 Å². The summed E-state index contributed by atoms with van der Waals surface area (Å²) in [5.41, 5.74) is 5.25. The number of likely N-dealkylation sites (N-methyl/N-ethyl adjacent to an activating group) is 1. The summed E-state index contributed by atoms with van der Waals surface area (Å²) in [5.74, 6) is -0.446. The Morgan fingerprint density at radius 3 is 2.12 bits per heavy atom. The smallest absolute Gasteiger partial charge is 0.238 e. The van der Waals surface area contributed by atoms with Crippen LogP contribution in [0.15, 0.2) is 42.5 Å². The Kier molecular flexibility index (Phi) is 8.60. The quantitative estimate of drug-likeness (QED) is 0.544. The largest absolute Gasteiger partial charge is 0.348 e. The average molecular weight is 451 g/mol. The van der Waals surface area contributed by atoms with E-state index >= 15 is 0 Å². The molecule has 0 saturated heterocycles. The third-order valence-corrected chi connectivity index (χ3v) is 5.92. The summed E-state index contributed by atoms with van der Waals surface area (Å²) in [6.07, 6.45) is 4.73. The zero-order chi connectivity index (χ0) is 23.8. The molecular weight excluding hydrogens is 416 g/mol. The van der Waals surface area contributed by atoms with Gasteiger partial charge in [-0.05, 0) is 80.1 Å². The maximum Gasteiger partial charge on any atom is 0.238 e. The van der Waals surface area contributed by atoms with Crippen molar-refractivity contribution in [3.63, 3.8) is 0 Å². The molecule has 3 N–H and O–H groups in total. The van der Waals surface area contributed by atoms with Gasteiger partial charge in [0.1, 0.15) is 0 Å². The Bertz CT molecular complexity index is 988. The normalized spacial score (nSPS) is 13.7. The topological polar surface area (TPSA) is 90.5 Å². The number of carbonyl (C=O) groups is 3. The van der Waals surface area contributed by atoms with Gasteiger partial charge in [-0.2, -0.15) is 0 Å². The monoisotopic (exact) mass is 450 g/mol. The molecule has 1 atom stereocenters.